The molecule has 0 bridgehead atoms. The van der Waals surface area contributed by atoms with Crippen LogP contribution in [-0.2, 0) is 20.9 Å². The topological polar surface area (TPSA) is 76.1 Å². The van der Waals surface area contributed by atoms with Crippen LogP contribution in [0.2, 0.25) is 0 Å². The number of methoxy groups -OCH3 is 1. The molecule has 0 aromatic heterocycles. The van der Waals surface area contributed by atoms with Gasteiger partial charge < -0.3 is 19.5 Å². The molecule has 0 saturated carbocycles. The molecule has 1 N–H and O–H groups in total. The molecule has 1 aliphatic heterocycles. The van der Waals surface area contributed by atoms with Gasteiger partial charge >= 0.3 is 12.1 Å². The molecular formula is C16H21NO5. The quantitative estimate of drug-likeness (QED) is 0.855. The number of rotatable bonds is 4. The summed E-state index contributed by atoms with van der Waals surface area (Å²) in [6.07, 6.45) is -0.379. The molecule has 1 fully saturated rings. The average molecular weight is 307 g/mol. The highest BCUT2D eigenvalue weighted by Gasteiger charge is 2.32. The van der Waals surface area contributed by atoms with Crippen LogP contribution in [-0.4, -0.2) is 48.4 Å². The van der Waals surface area contributed by atoms with E-state index in [2.05, 4.69) is 4.74 Å². The lowest BCUT2D eigenvalue weighted by Gasteiger charge is -2.32. The summed E-state index contributed by atoms with van der Waals surface area (Å²) in [6.45, 7) is 1.17. The highest BCUT2D eigenvalue weighted by atomic mass is 16.6. The molecule has 1 amide bonds. The number of aliphatic hydroxyl groups is 1. The van der Waals surface area contributed by atoms with E-state index in [1.54, 1.807) is 4.90 Å². The van der Waals surface area contributed by atoms with E-state index in [4.69, 9.17) is 4.74 Å². The molecule has 1 heterocycles. The molecule has 1 aromatic rings. The molecule has 2 rings (SSSR count). The highest BCUT2D eigenvalue weighted by molar-refractivity contribution is 5.74. The molecule has 1 atom stereocenters. The van der Waals surface area contributed by atoms with Gasteiger partial charge in [0.05, 0.1) is 7.11 Å². The van der Waals surface area contributed by atoms with Gasteiger partial charge in [-0.15, -0.1) is 0 Å². The van der Waals surface area contributed by atoms with Crippen molar-refractivity contribution in [2.75, 3.05) is 20.2 Å². The average Bonchev–Trinajstić information content (AvgIpc) is 2.59. The molecule has 120 valence electrons. The first-order valence-corrected chi connectivity index (χ1v) is 7.33. The van der Waals surface area contributed by atoms with Crippen LogP contribution in [0, 0.1) is 5.92 Å². The summed E-state index contributed by atoms with van der Waals surface area (Å²) in [5.74, 6) is -0.796. The number of aliphatic hydroxyl groups excluding tert-OH is 1. The van der Waals surface area contributed by atoms with Crippen LogP contribution < -0.4 is 0 Å². The summed E-state index contributed by atoms with van der Waals surface area (Å²) in [7, 11) is 1.25. The number of carbonyl (C=O) groups excluding carboxylic acids is 2. The number of carbonyl (C=O) groups is 2. The van der Waals surface area contributed by atoms with Crippen molar-refractivity contribution in [3.63, 3.8) is 0 Å². The fraction of sp³-hybridized carbons (Fsp3) is 0.500. The number of hydrogen-bond donors (Lipinski definition) is 1. The molecule has 6 heteroatoms. The van der Waals surface area contributed by atoms with Crippen LogP contribution in [0.3, 0.4) is 0 Å². The summed E-state index contributed by atoms with van der Waals surface area (Å²) in [5.41, 5.74) is 0.937. The molecule has 1 saturated heterocycles. The smallest absolute Gasteiger partial charge is 0.410 e. The van der Waals surface area contributed by atoms with E-state index in [0.717, 1.165) is 5.56 Å². The molecule has 22 heavy (non-hydrogen) atoms. The maximum atomic E-state index is 12.0. The lowest BCUT2D eigenvalue weighted by Crippen LogP contribution is -2.43. The van der Waals surface area contributed by atoms with E-state index in [1.165, 1.54) is 7.11 Å². The predicted molar refractivity (Wildman–Crippen MR) is 78.9 cm³/mol. The second-order valence-electron chi connectivity index (χ2n) is 5.33. The second kappa shape index (κ2) is 7.79. The summed E-state index contributed by atoms with van der Waals surface area (Å²) in [5, 5.41) is 9.81. The normalized spacial score (nSPS) is 16.9. The van der Waals surface area contributed by atoms with E-state index in [1.807, 2.05) is 30.3 Å². The van der Waals surface area contributed by atoms with E-state index in [0.29, 0.717) is 25.9 Å². The van der Waals surface area contributed by atoms with Crippen LogP contribution in [0.5, 0.6) is 0 Å². The van der Waals surface area contributed by atoms with Crippen molar-refractivity contribution < 1.29 is 24.2 Å². The van der Waals surface area contributed by atoms with Gasteiger partial charge in [-0.2, -0.15) is 0 Å². The monoisotopic (exact) mass is 307 g/mol. The van der Waals surface area contributed by atoms with Crippen LogP contribution in [0.15, 0.2) is 30.3 Å². The van der Waals surface area contributed by atoms with Gasteiger partial charge in [0.1, 0.15) is 6.61 Å². The third-order valence-electron chi connectivity index (χ3n) is 3.89. The predicted octanol–water partition coefficient (Wildman–Crippen LogP) is 1.57. The Labute approximate surface area is 129 Å². The number of amides is 1. The van der Waals surface area contributed by atoms with E-state index in [9.17, 15) is 14.7 Å². The number of likely N-dealkylation sites (tertiary alicyclic amines) is 1. The van der Waals surface area contributed by atoms with Crippen molar-refractivity contribution in [2.45, 2.75) is 25.6 Å². The van der Waals surface area contributed by atoms with Crippen LogP contribution >= 0.6 is 0 Å². The van der Waals surface area contributed by atoms with Crippen LogP contribution in [0.4, 0.5) is 4.79 Å². The molecule has 1 unspecified atom stereocenters. The van der Waals surface area contributed by atoms with Gasteiger partial charge in [-0.1, -0.05) is 30.3 Å². The Bertz CT molecular complexity index is 497. The van der Waals surface area contributed by atoms with Crippen molar-refractivity contribution >= 4 is 12.1 Å². The summed E-state index contributed by atoms with van der Waals surface area (Å²) < 4.78 is 9.80. The van der Waals surface area contributed by atoms with Gasteiger partial charge in [0.2, 0.25) is 0 Å². The van der Waals surface area contributed by atoms with E-state index >= 15 is 0 Å². The maximum Gasteiger partial charge on any atom is 0.410 e. The van der Waals surface area contributed by atoms with Gasteiger partial charge in [-0.05, 0) is 24.3 Å². The van der Waals surface area contributed by atoms with Crippen LogP contribution in [0.1, 0.15) is 18.4 Å². The lowest BCUT2D eigenvalue weighted by atomic mass is 9.91. The zero-order chi connectivity index (χ0) is 15.9. The molecule has 6 nitrogen and oxygen atoms in total. The fourth-order valence-electron chi connectivity index (χ4n) is 2.52. The first-order chi connectivity index (χ1) is 10.6. The zero-order valence-electron chi connectivity index (χ0n) is 12.6. The second-order valence-corrected chi connectivity index (χ2v) is 5.33. The van der Waals surface area contributed by atoms with Gasteiger partial charge in [0.25, 0.3) is 0 Å². The summed E-state index contributed by atoms with van der Waals surface area (Å²) in [4.78, 5) is 24.9. The van der Waals surface area contributed by atoms with Crippen molar-refractivity contribution in [2.24, 2.45) is 5.92 Å². The zero-order valence-corrected chi connectivity index (χ0v) is 12.6. The lowest BCUT2D eigenvalue weighted by molar-refractivity contribution is -0.154. The summed E-state index contributed by atoms with van der Waals surface area (Å²) in [6, 6.07) is 9.48. The molecule has 1 aromatic carbocycles. The van der Waals surface area contributed by atoms with Crippen molar-refractivity contribution in [1.29, 1.82) is 0 Å². The Morgan fingerprint density at radius 1 is 1.27 bits per heavy atom. The third kappa shape index (κ3) is 4.21. The fourth-order valence-corrected chi connectivity index (χ4v) is 2.52. The van der Waals surface area contributed by atoms with Gasteiger partial charge in [0.15, 0.2) is 6.10 Å². The Balaban J connectivity index is 1.76. The Hall–Kier alpha value is -2.08. The maximum absolute atomic E-state index is 12.0. The minimum Gasteiger partial charge on any atom is -0.467 e. The number of esters is 1. The van der Waals surface area contributed by atoms with Crippen molar-refractivity contribution in [1.82, 2.24) is 4.90 Å². The first kappa shape index (κ1) is 16.3. The molecule has 0 aliphatic carbocycles. The van der Waals surface area contributed by atoms with Crippen LogP contribution in [0.25, 0.3) is 0 Å². The van der Waals surface area contributed by atoms with Gasteiger partial charge in [0, 0.05) is 13.1 Å². The Kier molecular flexibility index (Phi) is 5.77. The van der Waals surface area contributed by atoms with E-state index < -0.39 is 12.1 Å². The first-order valence-electron chi connectivity index (χ1n) is 7.33. The molecular weight excluding hydrogens is 286 g/mol. The minimum absolute atomic E-state index is 0.175. The number of nitrogens with zero attached hydrogens (tertiary/aromatic N) is 1. The molecule has 1 aliphatic rings. The molecule has 0 spiro atoms. The minimum atomic E-state index is -1.12. The van der Waals surface area contributed by atoms with Gasteiger partial charge in [-0.25, -0.2) is 9.59 Å². The largest absolute Gasteiger partial charge is 0.467 e. The summed E-state index contributed by atoms with van der Waals surface area (Å²) >= 11 is 0. The third-order valence-corrected chi connectivity index (χ3v) is 3.89. The highest BCUT2D eigenvalue weighted by Crippen LogP contribution is 2.22. The SMILES string of the molecule is COC(=O)C(O)C1CCN(C(=O)OCc2ccccc2)CC1. The van der Waals surface area contributed by atoms with E-state index in [-0.39, 0.29) is 18.6 Å². The number of hydrogen-bond acceptors (Lipinski definition) is 5. The number of ether oxygens (including phenoxy) is 2. The molecule has 0 radical (unpaired) electrons. The van der Waals surface area contributed by atoms with Gasteiger partial charge in [-0.3, -0.25) is 0 Å². The Morgan fingerprint density at radius 3 is 2.50 bits per heavy atom. The standard InChI is InChI=1S/C16H21NO5/c1-21-15(19)14(18)13-7-9-17(10-8-13)16(20)22-11-12-5-3-2-4-6-12/h2-6,13-14,18H,7-11H2,1H3. The number of benzene rings is 1. The number of piperidine rings is 1. The van der Waals surface area contributed by atoms with Crippen molar-refractivity contribution in [3.8, 4) is 0 Å². The van der Waals surface area contributed by atoms with Crippen molar-refractivity contribution in [3.05, 3.63) is 35.9 Å². The Morgan fingerprint density at radius 2 is 1.91 bits per heavy atom.